The Morgan fingerprint density at radius 1 is 1.00 bits per heavy atom. The van der Waals surface area contributed by atoms with Crippen LogP contribution in [0.15, 0.2) is 60.7 Å². The van der Waals surface area contributed by atoms with Crippen LogP contribution >= 0.6 is 11.3 Å². The standard InChI is InChI=1S/C17H16OS/c1-2-18-17(13-8-4-3-5-9-13)16-12-14-10-6-7-11-15(14)19-16/h3-12,17H,2H2,1H3. The van der Waals surface area contributed by atoms with Crippen LogP contribution in [0, 0.1) is 0 Å². The number of fused-ring (bicyclic) bond motifs is 1. The number of benzene rings is 2. The first kappa shape index (κ1) is 12.4. The maximum absolute atomic E-state index is 5.95. The molecule has 1 nitrogen and oxygen atoms in total. The lowest BCUT2D eigenvalue weighted by molar-refractivity contribution is 0.0938. The predicted molar refractivity (Wildman–Crippen MR) is 81.7 cm³/mol. The summed E-state index contributed by atoms with van der Waals surface area (Å²) in [5, 5.41) is 1.29. The first-order valence-corrected chi connectivity index (χ1v) is 7.35. The van der Waals surface area contributed by atoms with Crippen LogP contribution in [0.5, 0.6) is 0 Å². The molecule has 1 atom stereocenters. The zero-order valence-electron chi connectivity index (χ0n) is 10.9. The van der Waals surface area contributed by atoms with Crippen LogP contribution in [0.25, 0.3) is 10.1 Å². The molecular formula is C17H16OS. The van der Waals surface area contributed by atoms with Crippen molar-refractivity contribution in [2.75, 3.05) is 6.61 Å². The number of thiophene rings is 1. The number of ether oxygens (including phenoxy) is 1. The van der Waals surface area contributed by atoms with Crippen LogP contribution in [-0.4, -0.2) is 6.61 Å². The molecular weight excluding hydrogens is 252 g/mol. The average Bonchev–Trinajstić information content (AvgIpc) is 2.89. The van der Waals surface area contributed by atoms with Crippen LogP contribution in [0.4, 0.5) is 0 Å². The highest BCUT2D eigenvalue weighted by Gasteiger charge is 2.16. The normalized spacial score (nSPS) is 12.7. The van der Waals surface area contributed by atoms with E-state index in [4.69, 9.17) is 4.74 Å². The van der Waals surface area contributed by atoms with Crippen molar-refractivity contribution in [3.05, 3.63) is 71.1 Å². The highest BCUT2D eigenvalue weighted by Crippen LogP contribution is 2.35. The molecule has 0 spiro atoms. The second-order valence-electron chi connectivity index (χ2n) is 4.43. The third-order valence-electron chi connectivity index (χ3n) is 3.14. The molecule has 3 rings (SSSR count). The lowest BCUT2D eigenvalue weighted by atomic mass is 10.1. The fourth-order valence-electron chi connectivity index (χ4n) is 2.27. The first-order chi connectivity index (χ1) is 9.38. The molecule has 96 valence electrons. The topological polar surface area (TPSA) is 9.23 Å². The van der Waals surface area contributed by atoms with Gasteiger partial charge in [0.2, 0.25) is 0 Å². The third-order valence-corrected chi connectivity index (χ3v) is 4.30. The van der Waals surface area contributed by atoms with Crippen LogP contribution in [-0.2, 0) is 4.74 Å². The first-order valence-electron chi connectivity index (χ1n) is 6.53. The van der Waals surface area contributed by atoms with E-state index in [-0.39, 0.29) is 6.10 Å². The summed E-state index contributed by atoms with van der Waals surface area (Å²) < 4.78 is 7.27. The molecule has 0 saturated heterocycles. The van der Waals surface area contributed by atoms with E-state index in [1.807, 2.05) is 24.3 Å². The smallest absolute Gasteiger partial charge is 0.117 e. The predicted octanol–water partition coefficient (Wildman–Crippen LogP) is 5.03. The lowest BCUT2D eigenvalue weighted by Gasteiger charge is -2.15. The molecule has 19 heavy (non-hydrogen) atoms. The minimum Gasteiger partial charge on any atom is -0.368 e. The Balaban J connectivity index is 2.04. The number of hydrogen-bond donors (Lipinski definition) is 0. The van der Waals surface area contributed by atoms with Crippen molar-refractivity contribution in [1.82, 2.24) is 0 Å². The van der Waals surface area contributed by atoms with E-state index in [1.54, 1.807) is 0 Å². The van der Waals surface area contributed by atoms with Gasteiger partial charge in [0.05, 0.1) is 0 Å². The van der Waals surface area contributed by atoms with Crippen molar-refractivity contribution in [1.29, 1.82) is 0 Å². The Hall–Kier alpha value is -1.64. The summed E-state index contributed by atoms with van der Waals surface area (Å²) in [5.74, 6) is 0. The van der Waals surface area contributed by atoms with Crippen molar-refractivity contribution < 1.29 is 4.74 Å². The molecule has 1 aromatic heterocycles. The van der Waals surface area contributed by atoms with Crippen molar-refractivity contribution in [3.8, 4) is 0 Å². The highest BCUT2D eigenvalue weighted by molar-refractivity contribution is 7.19. The van der Waals surface area contributed by atoms with Gasteiger partial charge in [0, 0.05) is 16.2 Å². The van der Waals surface area contributed by atoms with Gasteiger partial charge in [-0.3, -0.25) is 0 Å². The lowest BCUT2D eigenvalue weighted by Crippen LogP contribution is -2.03. The summed E-state index contributed by atoms with van der Waals surface area (Å²) in [5.41, 5.74) is 1.22. The molecule has 0 aliphatic rings. The summed E-state index contributed by atoms with van der Waals surface area (Å²) in [4.78, 5) is 1.27. The molecule has 0 aliphatic heterocycles. The fraction of sp³-hybridized carbons (Fsp3) is 0.176. The van der Waals surface area contributed by atoms with Crippen molar-refractivity contribution in [2.45, 2.75) is 13.0 Å². The van der Waals surface area contributed by atoms with Gasteiger partial charge in [-0.25, -0.2) is 0 Å². The van der Waals surface area contributed by atoms with Crippen LogP contribution < -0.4 is 0 Å². The second-order valence-corrected chi connectivity index (χ2v) is 5.55. The number of rotatable bonds is 4. The van der Waals surface area contributed by atoms with E-state index < -0.39 is 0 Å². The van der Waals surface area contributed by atoms with Gasteiger partial charge in [0.1, 0.15) is 6.10 Å². The van der Waals surface area contributed by atoms with Gasteiger partial charge >= 0.3 is 0 Å². The van der Waals surface area contributed by atoms with Gasteiger partial charge in [0.25, 0.3) is 0 Å². The Bertz CT molecular complexity index is 624. The molecule has 2 heteroatoms. The van der Waals surface area contributed by atoms with E-state index in [0.717, 1.165) is 0 Å². The maximum Gasteiger partial charge on any atom is 0.117 e. The summed E-state index contributed by atoms with van der Waals surface area (Å²) in [6, 6.07) is 21.2. The van der Waals surface area contributed by atoms with Gasteiger partial charge < -0.3 is 4.74 Å². The SMILES string of the molecule is CCOC(c1ccccc1)c1cc2ccccc2s1. The van der Waals surface area contributed by atoms with E-state index in [2.05, 4.69) is 54.6 Å². The summed E-state index contributed by atoms with van der Waals surface area (Å²) in [7, 11) is 0. The van der Waals surface area contributed by atoms with Gasteiger partial charge in [-0.1, -0.05) is 48.5 Å². The molecule has 0 amide bonds. The molecule has 2 aromatic carbocycles. The van der Waals surface area contributed by atoms with E-state index in [9.17, 15) is 0 Å². The Labute approximate surface area is 117 Å². The van der Waals surface area contributed by atoms with Gasteiger partial charge in [-0.15, -0.1) is 11.3 Å². The molecule has 0 radical (unpaired) electrons. The second kappa shape index (κ2) is 5.55. The molecule has 3 aromatic rings. The zero-order valence-corrected chi connectivity index (χ0v) is 11.7. The molecule has 0 fully saturated rings. The largest absolute Gasteiger partial charge is 0.368 e. The number of hydrogen-bond acceptors (Lipinski definition) is 2. The van der Waals surface area contributed by atoms with Crippen LogP contribution in [0.2, 0.25) is 0 Å². The van der Waals surface area contributed by atoms with Crippen LogP contribution in [0.3, 0.4) is 0 Å². The highest BCUT2D eigenvalue weighted by atomic mass is 32.1. The van der Waals surface area contributed by atoms with Gasteiger partial charge in [-0.2, -0.15) is 0 Å². The van der Waals surface area contributed by atoms with Crippen molar-refractivity contribution >= 4 is 21.4 Å². The van der Waals surface area contributed by atoms with Crippen LogP contribution in [0.1, 0.15) is 23.5 Å². The van der Waals surface area contributed by atoms with E-state index in [1.165, 1.54) is 20.5 Å². The fourth-order valence-corrected chi connectivity index (χ4v) is 3.41. The average molecular weight is 268 g/mol. The molecule has 1 heterocycles. The van der Waals surface area contributed by atoms with Crippen molar-refractivity contribution in [2.24, 2.45) is 0 Å². The zero-order chi connectivity index (χ0) is 13.1. The van der Waals surface area contributed by atoms with E-state index >= 15 is 0 Å². The van der Waals surface area contributed by atoms with Gasteiger partial charge in [-0.05, 0) is 30.0 Å². The molecule has 0 aliphatic carbocycles. The molecule has 0 N–H and O–H groups in total. The monoisotopic (exact) mass is 268 g/mol. The summed E-state index contributed by atoms with van der Waals surface area (Å²) >= 11 is 1.82. The Morgan fingerprint density at radius 2 is 1.74 bits per heavy atom. The quantitative estimate of drug-likeness (QED) is 0.645. The van der Waals surface area contributed by atoms with Gasteiger partial charge in [0.15, 0.2) is 0 Å². The summed E-state index contributed by atoms with van der Waals surface area (Å²) in [6.45, 7) is 2.76. The van der Waals surface area contributed by atoms with Crippen molar-refractivity contribution in [3.63, 3.8) is 0 Å². The minimum atomic E-state index is 0.0450. The Morgan fingerprint density at radius 3 is 2.47 bits per heavy atom. The molecule has 1 unspecified atom stereocenters. The minimum absolute atomic E-state index is 0.0450. The Kier molecular flexibility index (Phi) is 3.62. The maximum atomic E-state index is 5.95. The van der Waals surface area contributed by atoms with E-state index in [0.29, 0.717) is 6.61 Å². The molecule has 0 saturated carbocycles. The third kappa shape index (κ3) is 2.55. The summed E-state index contributed by atoms with van der Waals surface area (Å²) in [6.07, 6.45) is 0.0450. The molecule has 0 bridgehead atoms.